The zero-order valence-corrected chi connectivity index (χ0v) is 13.8. The minimum atomic E-state index is -1.21. The number of carboxylic acids is 3. The van der Waals surface area contributed by atoms with Gasteiger partial charge in [-0.1, -0.05) is 26.8 Å². The van der Waals surface area contributed by atoms with Crippen LogP contribution in [0.25, 0.3) is 0 Å². The van der Waals surface area contributed by atoms with Gasteiger partial charge in [0.1, 0.15) is 18.8 Å². The SMILES string of the molecule is CC(C)(C)c1ccc(N(CC(=O)O)CC(=O)O)c(OCC(=O)O)c1. The zero-order chi connectivity index (χ0) is 18.5. The van der Waals surface area contributed by atoms with Crippen molar-refractivity contribution in [2.45, 2.75) is 26.2 Å². The second-order valence-corrected chi connectivity index (χ2v) is 6.26. The first kappa shape index (κ1) is 19.3. The maximum Gasteiger partial charge on any atom is 0.341 e. The summed E-state index contributed by atoms with van der Waals surface area (Å²) >= 11 is 0. The molecular formula is C16H21NO7. The Morgan fingerprint density at radius 1 is 1.00 bits per heavy atom. The number of anilines is 1. The van der Waals surface area contributed by atoms with Crippen LogP contribution in [0.2, 0.25) is 0 Å². The third-order valence-corrected chi connectivity index (χ3v) is 3.17. The fourth-order valence-corrected chi connectivity index (χ4v) is 2.05. The number of rotatable bonds is 8. The van der Waals surface area contributed by atoms with Gasteiger partial charge in [0, 0.05) is 0 Å². The van der Waals surface area contributed by atoms with E-state index in [9.17, 15) is 14.4 Å². The van der Waals surface area contributed by atoms with Crippen molar-refractivity contribution in [1.29, 1.82) is 0 Å². The molecule has 8 nitrogen and oxygen atoms in total. The van der Waals surface area contributed by atoms with Gasteiger partial charge in [-0.15, -0.1) is 0 Å². The second kappa shape index (κ2) is 7.67. The van der Waals surface area contributed by atoms with Crippen LogP contribution in [-0.2, 0) is 19.8 Å². The van der Waals surface area contributed by atoms with Gasteiger partial charge in [-0.05, 0) is 23.1 Å². The number of carboxylic acid groups (broad SMARTS) is 3. The van der Waals surface area contributed by atoms with Crippen LogP contribution in [0, 0.1) is 0 Å². The van der Waals surface area contributed by atoms with Crippen LogP contribution in [0.3, 0.4) is 0 Å². The minimum Gasteiger partial charge on any atom is -0.480 e. The first-order valence-corrected chi connectivity index (χ1v) is 7.18. The van der Waals surface area contributed by atoms with Crippen molar-refractivity contribution in [3.8, 4) is 5.75 Å². The van der Waals surface area contributed by atoms with Crippen LogP contribution in [0.5, 0.6) is 5.75 Å². The van der Waals surface area contributed by atoms with E-state index < -0.39 is 37.6 Å². The summed E-state index contributed by atoms with van der Waals surface area (Å²) in [4.78, 5) is 33.9. The molecule has 0 unspecified atom stereocenters. The number of hydrogen-bond acceptors (Lipinski definition) is 5. The van der Waals surface area contributed by atoms with Crippen LogP contribution >= 0.6 is 0 Å². The summed E-state index contributed by atoms with van der Waals surface area (Å²) in [6, 6.07) is 4.89. The van der Waals surface area contributed by atoms with Crippen molar-refractivity contribution >= 4 is 23.6 Å². The number of nitrogens with zero attached hydrogens (tertiary/aromatic N) is 1. The number of hydrogen-bond donors (Lipinski definition) is 3. The Balaban J connectivity index is 3.32. The molecule has 0 fully saturated rings. The summed E-state index contributed by atoms with van der Waals surface area (Å²) in [7, 11) is 0. The molecule has 0 aliphatic heterocycles. The third-order valence-electron chi connectivity index (χ3n) is 3.17. The van der Waals surface area contributed by atoms with Crippen LogP contribution in [0.1, 0.15) is 26.3 Å². The summed E-state index contributed by atoms with van der Waals surface area (Å²) in [6.07, 6.45) is 0. The number of benzene rings is 1. The standard InChI is InChI=1S/C16H21NO7/c1-16(2,3)10-4-5-11(12(6-10)24-9-15(22)23)17(7-13(18)19)8-14(20)21/h4-6H,7-9H2,1-3H3,(H,18,19)(H,20,21)(H,22,23). The first-order valence-electron chi connectivity index (χ1n) is 7.18. The lowest BCUT2D eigenvalue weighted by Crippen LogP contribution is -2.35. The molecule has 0 bridgehead atoms. The van der Waals surface area contributed by atoms with Crippen molar-refractivity contribution < 1.29 is 34.4 Å². The van der Waals surface area contributed by atoms with Crippen molar-refractivity contribution in [3.05, 3.63) is 23.8 Å². The molecule has 0 radical (unpaired) electrons. The minimum absolute atomic E-state index is 0.132. The van der Waals surface area contributed by atoms with Gasteiger partial charge in [-0.2, -0.15) is 0 Å². The van der Waals surface area contributed by atoms with E-state index in [1.807, 2.05) is 20.8 Å². The molecule has 0 aliphatic carbocycles. The largest absolute Gasteiger partial charge is 0.480 e. The predicted octanol–water partition coefficient (Wildman–Crippen LogP) is 1.42. The summed E-state index contributed by atoms with van der Waals surface area (Å²) in [6.45, 7) is 4.14. The van der Waals surface area contributed by atoms with E-state index in [0.29, 0.717) is 0 Å². The van der Waals surface area contributed by atoms with E-state index in [-0.39, 0.29) is 16.9 Å². The van der Waals surface area contributed by atoms with Gasteiger partial charge in [0.15, 0.2) is 6.61 Å². The lowest BCUT2D eigenvalue weighted by atomic mass is 9.87. The molecule has 1 aromatic rings. The fraction of sp³-hybridized carbons (Fsp3) is 0.438. The molecular weight excluding hydrogens is 318 g/mol. The van der Waals surface area contributed by atoms with Crippen molar-refractivity contribution in [1.82, 2.24) is 0 Å². The fourth-order valence-electron chi connectivity index (χ4n) is 2.05. The Morgan fingerprint density at radius 3 is 1.96 bits per heavy atom. The molecule has 1 rings (SSSR count). The Kier molecular flexibility index (Phi) is 6.16. The van der Waals surface area contributed by atoms with Crippen LogP contribution in [-0.4, -0.2) is 52.9 Å². The molecule has 0 saturated heterocycles. The molecule has 0 heterocycles. The first-order chi connectivity index (χ1) is 11.0. The Labute approximate surface area is 139 Å². The van der Waals surface area contributed by atoms with Gasteiger partial charge in [0.25, 0.3) is 0 Å². The van der Waals surface area contributed by atoms with Crippen LogP contribution in [0.15, 0.2) is 18.2 Å². The van der Waals surface area contributed by atoms with Gasteiger partial charge in [0.2, 0.25) is 0 Å². The number of carbonyl (C=O) groups is 3. The van der Waals surface area contributed by atoms with Gasteiger partial charge in [0.05, 0.1) is 5.69 Å². The molecule has 0 aliphatic rings. The maximum absolute atomic E-state index is 11.0. The smallest absolute Gasteiger partial charge is 0.341 e. The van der Waals surface area contributed by atoms with E-state index in [0.717, 1.165) is 10.5 Å². The van der Waals surface area contributed by atoms with E-state index in [1.54, 1.807) is 18.2 Å². The normalized spacial score (nSPS) is 11.0. The van der Waals surface area contributed by atoms with Gasteiger partial charge < -0.3 is 25.0 Å². The second-order valence-electron chi connectivity index (χ2n) is 6.26. The molecule has 0 saturated carbocycles. The van der Waals surface area contributed by atoms with E-state index in [2.05, 4.69) is 0 Å². The predicted molar refractivity (Wildman–Crippen MR) is 85.8 cm³/mol. The van der Waals surface area contributed by atoms with E-state index in [1.165, 1.54) is 0 Å². The highest BCUT2D eigenvalue weighted by atomic mass is 16.5. The van der Waals surface area contributed by atoms with Crippen LogP contribution < -0.4 is 9.64 Å². The molecule has 0 atom stereocenters. The summed E-state index contributed by atoms with van der Waals surface area (Å²) in [5, 5.41) is 26.8. The average Bonchev–Trinajstić information content (AvgIpc) is 2.42. The zero-order valence-electron chi connectivity index (χ0n) is 13.8. The molecule has 132 valence electrons. The van der Waals surface area contributed by atoms with Crippen LogP contribution in [0.4, 0.5) is 5.69 Å². The van der Waals surface area contributed by atoms with Gasteiger partial charge in [-0.25, -0.2) is 4.79 Å². The Bertz CT molecular complexity index is 618. The molecule has 8 heteroatoms. The average molecular weight is 339 g/mol. The molecule has 3 N–H and O–H groups in total. The number of aliphatic carboxylic acids is 3. The van der Waals surface area contributed by atoms with Crippen molar-refractivity contribution in [3.63, 3.8) is 0 Å². The highest BCUT2D eigenvalue weighted by Gasteiger charge is 2.22. The van der Waals surface area contributed by atoms with E-state index >= 15 is 0 Å². The number of ether oxygens (including phenoxy) is 1. The lowest BCUT2D eigenvalue weighted by Gasteiger charge is -2.26. The van der Waals surface area contributed by atoms with Crippen molar-refractivity contribution in [2.24, 2.45) is 0 Å². The summed E-state index contributed by atoms with van der Waals surface area (Å²) < 4.78 is 5.25. The summed E-state index contributed by atoms with van der Waals surface area (Å²) in [5.74, 6) is -3.47. The topological polar surface area (TPSA) is 124 Å². The molecule has 0 aromatic heterocycles. The molecule has 1 aromatic carbocycles. The monoisotopic (exact) mass is 339 g/mol. The highest BCUT2D eigenvalue weighted by Crippen LogP contribution is 2.34. The Hall–Kier alpha value is -2.77. The molecule has 24 heavy (non-hydrogen) atoms. The highest BCUT2D eigenvalue weighted by molar-refractivity contribution is 5.81. The van der Waals surface area contributed by atoms with Gasteiger partial charge in [-0.3, -0.25) is 9.59 Å². The lowest BCUT2D eigenvalue weighted by molar-refractivity contribution is -0.140. The summed E-state index contributed by atoms with van der Waals surface area (Å²) in [5.41, 5.74) is 0.816. The van der Waals surface area contributed by atoms with Gasteiger partial charge >= 0.3 is 17.9 Å². The maximum atomic E-state index is 11.0. The van der Waals surface area contributed by atoms with Crippen molar-refractivity contribution in [2.75, 3.05) is 24.6 Å². The van der Waals surface area contributed by atoms with E-state index in [4.69, 9.17) is 20.1 Å². The molecule has 0 amide bonds. The third kappa shape index (κ3) is 5.79. The Morgan fingerprint density at radius 2 is 1.54 bits per heavy atom. The molecule has 0 spiro atoms. The quantitative estimate of drug-likeness (QED) is 0.649.